The fourth-order valence-electron chi connectivity index (χ4n) is 3.26. The molecule has 3 rings (SSSR count). The Kier molecular flexibility index (Phi) is 7.98. The number of carbonyl (C=O) groups is 3. The first-order valence-corrected chi connectivity index (χ1v) is 11.2. The lowest BCUT2D eigenvalue weighted by molar-refractivity contribution is -0.186. The number of rotatable bonds is 6. The molecule has 2 aromatic rings. The normalized spacial score (nSPS) is 22.5. The Hall–Kier alpha value is -2.78. The molecule has 0 bridgehead atoms. The highest BCUT2D eigenvalue weighted by Gasteiger charge is 2.47. The number of ether oxygens (including phenoxy) is 4. The minimum absolute atomic E-state index is 0.290. The Bertz CT molecular complexity index is 1000. The summed E-state index contributed by atoms with van der Waals surface area (Å²) in [4.78, 5) is 39.1. The van der Waals surface area contributed by atoms with E-state index < -0.39 is 41.7 Å². The summed E-state index contributed by atoms with van der Waals surface area (Å²) in [7, 11) is 0. The summed E-state index contributed by atoms with van der Waals surface area (Å²) in [5.41, 5.74) is 0.933. The van der Waals surface area contributed by atoms with Crippen molar-refractivity contribution < 1.29 is 33.3 Å². The minimum Gasteiger partial charge on any atom is -0.476 e. The SMILES string of the molecule is CC(=O)O[C@@H]1[C@@H](OC(C)=O)[C@@H](Oc2cccc(-c3cncc(Cl)c3)c2)SC[C@H]1OC(C)=O. The molecule has 10 heteroatoms. The third-order valence-electron chi connectivity index (χ3n) is 4.43. The Morgan fingerprint density at radius 3 is 2.28 bits per heavy atom. The lowest BCUT2D eigenvalue weighted by Gasteiger charge is -2.39. The molecular formula is C22H22ClNO7S. The maximum absolute atomic E-state index is 11.8. The molecule has 0 aliphatic carbocycles. The number of esters is 3. The zero-order valence-electron chi connectivity index (χ0n) is 17.6. The molecule has 0 spiro atoms. The molecule has 0 saturated carbocycles. The summed E-state index contributed by atoms with van der Waals surface area (Å²) in [5.74, 6) is -0.909. The van der Waals surface area contributed by atoms with E-state index in [1.54, 1.807) is 30.6 Å². The second-order valence-electron chi connectivity index (χ2n) is 7.04. The fraction of sp³-hybridized carbons (Fsp3) is 0.364. The second-order valence-corrected chi connectivity index (χ2v) is 8.60. The lowest BCUT2D eigenvalue weighted by Crippen LogP contribution is -2.55. The summed E-state index contributed by atoms with van der Waals surface area (Å²) in [6.07, 6.45) is 0.447. The third-order valence-corrected chi connectivity index (χ3v) is 5.85. The van der Waals surface area contributed by atoms with Crippen LogP contribution in [-0.2, 0) is 28.6 Å². The molecule has 0 unspecified atom stereocenters. The Morgan fingerprint density at radius 1 is 0.938 bits per heavy atom. The monoisotopic (exact) mass is 479 g/mol. The first-order chi connectivity index (χ1) is 15.2. The van der Waals surface area contributed by atoms with E-state index in [2.05, 4.69) is 4.98 Å². The van der Waals surface area contributed by atoms with Crippen LogP contribution in [0.2, 0.25) is 5.02 Å². The molecule has 170 valence electrons. The average molecular weight is 480 g/mol. The van der Waals surface area contributed by atoms with Crippen LogP contribution in [0.3, 0.4) is 0 Å². The van der Waals surface area contributed by atoms with Gasteiger partial charge in [0.15, 0.2) is 23.7 Å². The molecule has 2 heterocycles. The van der Waals surface area contributed by atoms with E-state index in [9.17, 15) is 14.4 Å². The van der Waals surface area contributed by atoms with Crippen molar-refractivity contribution in [3.63, 3.8) is 0 Å². The number of nitrogens with zero attached hydrogens (tertiary/aromatic N) is 1. The number of thioether (sulfide) groups is 1. The van der Waals surface area contributed by atoms with Crippen molar-refractivity contribution >= 4 is 41.3 Å². The standard InChI is InChI=1S/C22H22ClNO7S/c1-12(25)28-19-11-32-22(21(30-14(3)27)20(19)29-13(2)26)31-18-6-4-5-15(8-18)16-7-17(23)10-24-9-16/h4-10,19-22H,11H2,1-3H3/t19-,20+,21-,22+/m1/s1. The molecule has 1 saturated heterocycles. The molecule has 8 nitrogen and oxygen atoms in total. The van der Waals surface area contributed by atoms with Crippen LogP contribution in [0.5, 0.6) is 5.75 Å². The molecular weight excluding hydrogens is 458 g/mol. The summed E-state index contributed by atoms with van der Waals surface area (Å²) in [6.45, 7) is 3.74. The van der Waals surface area contributed by atoms with Crippen molar-refractivity contribution in [2.24, 2.45) is 0 Å². The molecule has 1 aromatic heterocycles. The van der Waals surface area contributed by atoms with Crippen molar-refractivity contribution in [3.8, 4) is 16.9 Å². The Balaban J connectivity index is 1.87. The first kappa shape index (κ1) is 23.9. The molecule has 1 aliphatic heterocycles. The number of hydrogen-bond acceptors (Lipinski definition) is 9. The zero-order valence-corrected chi connectivity index (χ0v) is 19.2. The van der Waals surface area contributed by atoms with Crippen molar-refractivity contribution in [2.75, 3.05) is 5.75 Å². The zero-order chi connectivity index (χ0) is 23.3. The van der Waals surface area contributed by atoms with Crippen molar-refractivity contribution in [1.29, 1.82) is 0 Å². The van der Waals surface area contributed by atoms with Crippen LogP contribution in [0.25, 0.3) is 11.1 Å². The van der Waals surface area contributed by atoms with Gasteiger partial charge < -0.3 is 18.9 Å². The van der Waals surface area contributed by atoms with Gasteiger partial charge in [-0.05, 0) is 23.8 Å². The lowest BCUT2D eigenvalue weighted by atomic mass is 10.1. The van der Waals surface area contributed by atoms with Gasteiger partial charge in [0.1, 0.15) is 5.75 Å². The Labute approximate surface area is 194 Å². The number of benzene rings is 1. The van der Waals surface area contributed by atoms with E-state index >= 15 is 0 Å². The van der Waals surface area contributed by atoms with Gasteiger partial charge in [0.2, 0.25) is 0 Å². The number of halogens is 1. The van der Waals surface area contributed by atoms with E-state index in [4.69, 9.17) is 30.5 Å². The van der Waals surface area contributed by atoms with Crippen LogP contribution in [0.1, 0.15) is 20.8 Å². The van der Waals surface area contributed by atoms with Crippen LogP contribution in [0.4, 0.5) is 0 Å². The van der Waals surface area contributed by atoms with E-state index in [1.807, 2.05) is 12.1 Å². The highest BCUT2D eigenvalue weighted by Crippen LogP contribution is 2.35. The molecule has 1 aliphatic rings. The average Bonchev–Trinajstić information content (AvgIpc) is 2.71. The highest BCUT2D eigenvalue weighted by atomic mass is 35.5. The van der Waals surface area contributed by atoms with Crippen molar-refractivity contribution in [3.05, 3.63) is 47.7 Å². The number of carbonyl (C=O) groups excluding carboxylic acids is 3. The second kappa shape index (κ2) is 10.7. The number of hydrogen-bond donors (Lipinski definition) is 0. The quantitative estimate of drug-likeness (QED) is 0.453. The largest absolute Gasteiger partial charge is 0.476 e. The van der Waals surface area contributed by atoms with E-state index in [1.165, 1.54) is 32.5 Å². The number of pyridine rings is 1. The maximum atomic E-state index is 11.8. The number of aromatic nitrogens is 1. The fourth-order valence-corrected chi connectivity index (χ4v) is 4.65. The molecule has 0 amide bonds. The summed E-state index contributed by atoms with van der Waals surface area (Å²) < 4.78 is 22.3. The van der Waals surface area contributed by atoms with Gasteiger partial charge in [-0.3, -0.25) is 19.4 Å². The maximum Gasteiger partial charge on any atom is 0.303 e. The summed E-state index contributed by atoms with van der Waals surface area (Å²) in [5, 5.41) is 0.507. The van der Waals surface area contributed by atoms with E-state index in [0.29, 0.717) is 10.8 Å². The van der Waals surface area contributed by atoms with Crippen LogP contribution < -0.4 is 4.74 Å². The van der Waals surface area contributed by atoms with Gasteiger partial charge in [-0.2, -0.15) is 0 Å². The molecule has 1 aromatic carbocycles. The predicted octanol–water partition coefficient (Wildman–Crippen LogP) is 3.65. The summed E-state index contributed by atoms with van der Waals surface area (Å²) >= 11 is 7.33. The topological polar surface area (TPSA) is 101 Å². The smallest absolute Gasteiger partial charge is 0.303 e. The minimum atomic E-state index is -1.01. The van der Waals surface area contributed by atoms with Crippen LogP contribution in [0.15, 0.2) is 42.7 Å². The van der Waals surface area contributed by atoms with Crippen LogP contribution in [-0.4, -0.2) is 52.4 Å². The highest BCUT2D eigenvalue weighted by molar-refractivity contribution is 7.99. The molecule has 0 radical (unpaired) electrons. The molecule has 4 atom stereocenters. The molecule has 1 fully saturated rings. The van der Waals surface area contributed by atoms with Gasteiger partial charge in [0, 0.05) is 44.5 Å². The third kappa shape index (κ3) is 6.37. The van der Waals surface area contributed by atoms with Crippen LogP contribution in [0, 0.1) is 0 Å². The van der Waals surface area contributed by atoms with Gasteiger partial charge in [-0.25, -0.2) is 0 Å². The van der Waals surface area contributed by atoms with Gasteiger partial charge >= 0.3 is 17.9 Å². The Morgan fingerprint density at radius 2 is 1.62 bits per heavy atom. The van der Waals surface area contributed by atoms with E-state index in [0.717, 1.165) is 11.1 Å². The van der Waals surface area contributed by atoms with Gasteiger partial charge in [-0.1, -0.05) is 23.7 Å². The predicted molar refractivity (Wildman–Crippen MR) is 118 cm³/mol. The van der Waals surface area contributed by atoms with Crippen molar-refractivity contribution in [1.82, 2.24) is 4.98 Å². The summed E-state index contributed by atoms with van der Waals surface area (Å²) in [6, 6.07) is 9.04. The first-order valence-electron chi connectivity index (χ1n) is 9.74. The van der Waals surface area contributed by atoms with Gasteiger partial charge in [0.25, 0.3) is 0 Å². The van der Waals surface area contributed by atoms with Crippen molar-refractivity contribution in [2.45, 2.75) is 44.5 Å². The van der Waals surface area contributed by atoms with Crippen LogP contribution >= 0.6 is 23.4 Å². The molecule has 32 heavy (non-hydrogen) atoms. The van der Waals surface area contributed by atoms with Gasteiger partial charge in [0.05, 0.1) is 5.02 Å². The van der Waals surface area contributed by atoms with Gasteiger partial charge in [-0.15, -0.1) is 11.8 Å². The van der Waals surface area contributed by atoms with E-state index in [-0.39, 0.29) is 5.75 Å². The molecule has 0 N–H and O–H groups in total.